The SMILES string of the molecule is COC(=C1C2CC3CC(C2)CC1C3)c1cccc(OP(=O)(O)OCCC#N)c1. The van der Waals surface area contributed by atoms with Gasteiger partial charge in [-0.1, -0.05) is 12.1 Å². The smallest absolute Gasteiger partial charge is 0.496 e. The van der Waals surface area contributed by atoms with E-state index in [1.165, 1.54) is 37.7 Å². The van der Waals surface area contributed by atoms with Gasteiger partial charge in [-0.15, -0.1) is 0 Å². The highest BCUT2D eigenvalue weighted by molar-refractivity contribution is 7.47. The summed E-state index contributed by atoms with van der Waals surface area (Å²) in [6.07, 6.45) is 6.43. The molecule has 4 aliphatic rings. The monoisotopic (exact) mass is 403 g/mol. The predicted octanol–water partition coefficient (Wildman–Crippen LogP) is 4.91. The van der Waals surface area contributed by atoms with Crippen LogP contribution >= 0.6 is 7.82 Å². The number of phosphoric acid groups is 1. The van der Waals surface area contributed by atoms with Crippen molar-refractivity contribution in [2.45, 2.75) is 38.5 Å². The van der Waals surface area contributed by atoms with Crippen molar-refractivity contribution >= 4 is 13.6 Å². The van der Waals surface area contributed by atoms with Crippen molar-refractivity contribution in [3.8, 4) is 11.8 Å². The fraction of sp³-hybridized carbons (Fsp3) is 0.571. The molecule has 4 aliphatic carbocycles. The number of methoxy groups -OCH3 is 1. The maximum Gasteiger partial charge on any atom is 0.527 e. The van der Waals surface area contributed by atoms with E-state index in [0.29, 0.717) is 11.8 Å². The van der Waals surface area contributed by atoms with Crippen molar-refractivity contribution in [3.63, 3.8) is 0 Å². The zero-order valence-corrected chi connectivity index (χ0v) is 16.9. The van der Waals surface area contributed by atoms with Crippen molar-refractivity contribution in [1.29, 1.82) is 5.26 Å². The average Bonchev–Trinajstić information content (AvgIpc) is 2.64. The maximum absolute atomic E-state index is 12.1. The summed E-state index contributed by atoms with van der Waals surface area (Å²) >= 11 is 0. The molecule has 150 valence electrons. The summed E-state index contributed by atoms with van der Waals surface area (Å²) in [5.41, 5.74) is 2.28. The summed E-state index contributed by atoms with van der Waals surface area (Å²) in [6, 6.07) is 8.95. The quantitative estimate of drug-likeness (QED) is 0.395. The number of nitriles is 1. The molecule has 4 saturated carbocycles. The fourth-order valence-electron chi connectivity index (χ4n) is 5.53. The number of nitrogens with zero attached hydrogens (tertiary/aromatic N) is 1. The Morgan fingerprint density at radius 3 is 2.50 bits per heavy atom. The molecule has 5 rings (SSSR count). The van der Waals surface area contributed by atoms with Crippen LogP contribution in [0.15, 0.2) is 29.8 Å². The first-order valence-electron chi connectivity index (χ1n) is 9.91. The van der Waals surface area contributed by atoms with Crippen molar-refractivity contribution < 1.29 is 23.2 Å². The van der Waals surface area contributed by atoms with Crippen LogP contribution in [0.4, 0.5) is 0 Å². The Kier molecular flexibility index (Phi) is 5.51. The highest BCUT2D eigenvalue weighted by atomic mass is 31.2. The Balaban J connectivity index is 1.58. The van der Waals surface area contributed by atoms with Gasteiger partial charge in [0.05, 0.1) is 26.2 Å². The van der Waals surface area contributed by atoms with E-state index in [1.54, 1.807) is 25.3 Å². The molecule has 1 atom stereocenters. The van der Waals surface area contributed by atoms with Gasteiger partial charge >= 0.3 is 7.82 Å². The molecule has 0 aromatic heterocycles. The van der Waals surface area contributed by atoms with Gasteiger partial charge in [0.1, 0.15) is 11.5 Å². The molecule has 7 heteroatoms. The molecular formula is C21H26NO5P. The van der Waals surface area contributed by atoms with E-state index in [9.17, 15) is 9.46 Å². The van der Waals surface area contributed by atoms with E-state index >= 15 is 0 Å². The largest absolute Gasteiger partial charge is 0.527 e. The molecule has 28 heavy (non-hydrogen) atoms. The molecule has 0 aliphatic heterocycles. The molecule has 1 unspecified atom stereocenters. The number of benzene rings is 1. The first-order valence-corrected chi connectivity index (χ1v) is 11.4. The summed E-state index contributed by atoms with van der Waals surface area (Å²) in [5, 5.41) is 8.53. The number of hydrogen-bond donors (Lipinski definition) is 1. The lowest BCUT2D eigenvalue weighted by Gasteiger charge is -2.51. The summed E-state index contributed by atoms with van der Waals surface area (Å²) in [6.45, 7) is -0.150. The first kappa shape index (κ1) is 19.5. The van der Waals surface area contributed by atoms with Crippen LogP contribution < -0.4 is 4.52 Å². The third kappa shape index (κ3) is 3.98. The van der Waals surface area contributed by atoms with Crippen molar-refractivity contribution in [2.24, 2.45) is 23.7 Å². The molecule has 6 nitrogen and oxygen atoms in total. The molecule has 1 N–H and O–H groups in total. The lowest BCUT2D eigenvalue weighted by molar-refractivity contribution is 0.0675. The van der Waals surface area contributed by atoms with Gasteiger partial charge in [-0.3, -0.25) is 9.42 Å². The Morgan fingerprint density at radius 1 is 1.21 bits per heavy atom. The minimum Gasteiger partial charge on any atom is -0.496 e. The maximum atomic E-state index is 12.1. The first-order chi connectivity index (χ1) is 13.5. The van der Waals surface area contributed by atoms with Gasteiger partial charge in [0.15, 0.2) is 0 Å². The second-order valence-corrected chi connectivity index (χ2v) is 9.50. The third-order valence-corrected chi connectivity index (χ3v) is 7.22. The molecule has 0 heterocycles. The average molecular weight is 403 g/mol. The zero-order chi connectivity index (χ0) is 19.7. The van der Waals surface area contributed by atoms with Crippen LogP contribution in [0.3, 0.4) is 0 Å². The van der Waals surface area contributed by atoms with E-state index < -0.39 is 7.82 Å². The van der Waals surface area contributed by atoms with Crippen molar-refractivity contribution in [2.75, 3.05) is 13.7 Å². The Labute approximate surface area is 165 Å². The third-order valence-electron chi connectivity index (χ3n) is 6.27. The number of ether oxygens (including phenoxy) is 1. The van der Waals surface area contributed by atoms with Crippen molar-refractivity contribution in [1.82, 2.24) is 0 Å². The number of rotatable bonds is 7. The molecule has 0 radical (unpaired) electrons. The van der Waals surface area contributed by atoms with Crippen LogP contribution in [0.5, 0.6) is 5.75 Å². The van der Waals surface area contributed by atoms with E-state index in [-0.39, 0.29) is 18.8 Å². The summed E-state index contributed by atoms with van der Waals surface area (Å²) < 4.78 is 27.9. The lowest BCUT2D eigenvalue weighted by atomic mass is 9.54. The van der Waals surface area contributed by atoms with Crippen LogP contribution in [0.25, 0.3) is 5.76 Å². The molecular weight excluding hydrogens is 377 g/mol. The van der Waals surface area contributed by atoms with Crippen LogP contribution in [-0.4, -0.2) is 18.6 Å². The second-order valence-electron chi connectivity index (χ2n) is 8.12. The van der Waals surface area contributed by atoms with Gasteiger partial charge < -0.3 is 9.26 Å². The normalized spacial score (nSPS) is 29.8. The van der Waals surface area contributed by atoms with Crippen LogP contribution in [0.2, 0.25) is 0 Å². The van der Waals surface area contributed by atoms with Gasteiger partial charge in [-0.2, -0.15) is 5.26 Å². The van der Waals surface area contributed by atoms with Crippen LogP contribution in [0, 0.1) is 35.0 Å². The van der Waals surface area contributed by atoms with E-state index in [1.807, 2.05) is 12.1 Å². The molecule has 0 spiro atoms. The summed E-state index contributed by atoms with van der Waals surface area (Å²) in [5.74, 6) is 4.05. The number of allylic oxidation sites excluding steroid dienone is 1. The van der Waals surface area contributed by atoms with Gasteiger partial charge in [0, 0.05) is 5.56 Å². The topological polar surface area (TPSA) is 88.8 Å². The Hall–Kier alpha value is -1.80. The summed E-state index contributed by atoms with van der Waals surface area (Å²) in [4.78, 5) is 9.85. The minimum atomic E-state index is -4.26. The van der Waals surface area contributed by atoms with E-state index in [4.69, 9.17) is 19.0 Å². The molecule has 4 bridgehead atoms. The number of phosphoric ester groups is 1. The molecule has 1 aromatic carbocycles. The van der Waals surface area contributed by atoms with Gasteiger partial charge in [0.2, 0.25) is 0 Å². The standard InChI is InChI=1S/C21H26NO5P/c1-25-21(20-17-9-14-8-15(11-17)12-18(20)10-14)16-4-2-5-19(13-16)27-28(23,24)26-7-3-6-22/h2,4-5,13-15,17-18H,3,7-12H2,1H3,(H,23,24). The van der Waals surface area contributed by atoms with Crippen LogP contribution in [0.1, 0.15) is 44.1 Å². The van der Waals surface area contributed by atoms with Crippen molar-refractivity contribution in [3.05, 3.63) is 35.4 Å². The van der Waals surface area contributed by atoms with Gasteiger partial charge in [-0.05, 0) is 73.5 Å². The highest BCUT2D eigenvalue weighted by Gasteiger charge is 2.46. The Morgan fingerprint density at radius 2 is 1.89 bits per heavy atom. The van der Waals surface area contributed by atoms with E-state index in [2.05, 4.69) is 0 Å². The van der Waals surface area contributed by atoms with Crippen LogP contribution in [-0.2, 0) is 13.8 Å². The molecule has 1 aromatic rings. The zero-order valence-electron chi connectivity index (χ0n) is 16.0. The molecule has 4 fully saturated rings. The molecule has 0 amide bonds. The van der Waals surface area contributed by atoms with Gasteiger partial charge in [0.25, 0.3) is 0 Å². The minimum absolute atomic E-state index is 0.0264. The molecule has 0 saturated heterocycles. The predicted molar refractivity (Wildman–Crippen MR) is 104 cm³/mol. The second kappa shape index (κ2) is 7.91. The number of hydrogen-bond acceptors (Lipinski definition) is 5. The lowest BCUT2D eigenvalue weighted by Crippen LogP contribution is -2.40. The summed E-state index contributed by atoms with van der Waals surface area (Å²) in [7, 11) is -2.57. The van der Waals surface area contributed by atoms with Gasteiger partial charge in [-0.25, -0.2) is 4.57 Å². The van der Waals surface area contributed by atoms with E-state index in [0.717, 1.165) is 23.2 Å². The Bertz CT molecular complexity index is 829. The fourth-order valence-corrected chi connectivity index (χ4v) is 6.28. The highest BCUT2D eigenvalue weighted by Crippen LogP contribution is 2.58.